The van der Waals surface area contributed by atoms with Crippen molar-refractivity contribution < 1.29 is 28.9 Å². The van der Waals surface area contributed by atoms with Gasteiger partial charge in [-0.15, -0.1) is 0 Å². The summed E-state index contributed by atoms with van der Waals surface area (Å²) >= 11 is 0. The van der Waals surface area contributed by atoms with Gasteiger partial charge in [-0.25, -0.2) is 4.39 Å². The molecule has 0 saturated heterocycles. The number of rotatable bonds is 5. The minimum absolute atomic E-state index is 0.0511. The molecular weight excluding hydrogens is 231 g/mol. The van der Waals surface area contributed by atoms with E-state index in [9.17, 15) is 14.0 Å². The van der Waals surface area contributed by atoms with Crippen molar-refractivity contribution in [1.29, 1.82) is 0 Å². The fraction of sp³-hybridized carbons (Fsp3) is 0.273. The minimum Gasteiger partial charge on any atom is -0.496 e. The summed E-state index contributed by atoms with van der Waals surface area (Å²) in [6.45, 7) is 0. The van der Waals surface area contributed by atoms with Crippen LogP contribution in [0.3, 0.4) is 0 Å². The van der Waals surface area contributed by atoms with Crippen molar-refractivity contribution in [1.82, 2.24) is 0 Å². The van der Waals surface area contributed by atoms with Crippen LogP contribution < -0.4 is 4.74 Å². The van der Waals surface area contributed by atoms with Gasteiger partial charge in [0, 0.05) is 12.0 Å². The molecule has 0 amide bonds. The average Bonchev–Trinajstić information content (AvgIpc) is 2.25. The highest BCUT2D eigenvalue weighted by Crippen LogP contribution is 2.24. The topological polar surface area (TPSA) is 83.8 Å². The van der Waals surface area contributed by atoms with Gasteiger partial charge in [0.15, 0.2) is 5.92 Å². The molecule has 1 aromatic carbocycles. The maximum Gasteiger partial charge on any atom is 0.318 e. The molecule has 0 radical (unpaired) electrons. The van der Waals surface area contributed by atoms with Gasteiger partial charge in [0.25, 0.3) is 0 Å². The van der Waals surface area contributed by atoms with E-state index in [1.165, 1.54) is 19.2 Å². The molecule has 0 saturated carbocycles. The molecule has 2 N–H and O–H groups in total. The zero-order valence-electron chi connectivity index (χ0n) is 9.01. The smallest absolute Gasteiger partial charge is 0.318 e. The Morgan fingerprint density at radius 3 is 2.41 bits per heavy atom. The van der Waals surface area contributed by atoms with Gasteiger partial charge < -0.3 is 14.9 Å². The van der Waals surface area contributed by atoms with Crippen molar-refractivity contribution in [2.24, 2.45) is 5.92 Å². The Hall–Kier alpha value is -2.11. The minimum atomic E-state index is -1.69. The van der Waals surface area contributed by atoms with Crippen LogP contribution in [-0.4, -0.2) is 29.3 Å². The van der Waals surface area contributed by atoms with Crippen molar-refractivity contribution in [3.05, 3.63) is 29.6 Å². The molecule has 6 heteroatoms. The van der Waals surface area contributed by atoms with Crippen molar-refractivity contribution in [3.63, 3.8) is 0 Å². The summed E-state index contributed by atoms with van der Waals surface area (Å²) in [5.74, 6) is -5.26. The van der Waals surface area contributed by atoms with Crippen LogP contribution in [-0.2, 0) is 16.0 Å². The van der Waals surface area contributed by atoms with Crippen LogP contribution >= 0.6 is 0 Å². The molecule has 0 spiro atoms. The Bertz CT molecular complexity index is 429. The Labute approximate surface area is 96.4 Å². The lowest BCUT2D eigenvalue weighted by Crippen LogP contribution is -2.26. The van der Waals surface area contributed by atoms with Crippen LogP contribution in [0.25, 0.3) is 0 Å². The second-order valence-electron chi connectivity index (χ2n) is 3.35. The summed E-state index contributed by atoms with van der Waals surface area (Å²) in [5.41, 5.74) is -0.0511. The highest BCUT2D eigenvalue weighted by atomic mass is 19.1. The molecule has 92 valence electrons. The van der Waals surface area contributed by atoms with Crippen molar-refractivity contribution >= 4 is 11.9 Å². The second kappa shape index (κ2) is 5.29. The van der Waals surface area contributed by atoms with Gasteiger partial charge in [-0.3, -0.25) is 9.59 Å². The Balaban J connectivity index is 3.08. The number of benzene rings is 1. The predicted molar refractivity (Wildman–Crippen MR) is 55.4 cm³/mol. The Morgan fingerprint density at radius 1 is 1.35 bits per heavy atom. The fourth-order valence-corrected chi connectivity index (χ4v) is 1.41. The van der Waals surface area contributed by atoms with Crippen LogP contribution in [0.2, 0.25) is 0 Å². The van der Waals surface area contributed by atoms with Gasteiger partial charge >= 0.3 is 11.9 Å². The highest BCUT2D eigenvalue weighted by molar-refractivity contribution is 5.93. The largest absolute Gasteiger partial charge is 0.496 e. The molecule has 5 nitrogen and oxygen atoms in total. The number of carbonyl (C=O) groups is 2. The number of hydrogen-bond donors (Lipinski definition) is 2. The van der Waals surface area contributed by atoms with E-state index in [0.717, 1.165) is 6.07 Å². The molecule has 0 aliphatic heterocycles. The summed E-state index contributed by atoms with van der Waals surface area (Å²) in [5, 5.41) is 17.4. The molecule has 1 aromatic rings. The fourth-order valence-electron chi connectivity index (χ4n) is 1.41. The van der Waals surface area contributed by atoms with Crippen LogP contribution in [0.5, 0.6) is 5.75 Å². The first-order valence-corrected chi connectivity index (χ1v) is 4.74. The first-order valence-electron chi connectivity index (χ1n) is 4.74. The molecule has 0 fully saturated rings. The Morgan fingerprint density at radius 2 is 1.94 bits per heavy atom. The Kier molecular flexibility index (Phi) is 4.03. The number of halogens is 1. The number of carboxylic acids is 2. The monoisotopic (exact) mass is 242 g/mol. The number of hydrogen-bond acceptors (Lipinski definition) is 3. The van der Waals surface area contributed by atoms with Gasteiger partial charge in [0.1, 0.15) is 11.6 Å². The lowest BCUT2D eigenvalue weighted by molar-refractivity contribution is -0.154. The predicted octanol–water partition coefficient (Wildman–Crippen LogP) is 1.16. The summed E-state index contributed by atoms with van der Waals surface area (Å²) < 4.78 is 18.3. The molecule has 0 heterocycles. The van der Waals surface area contributed by atoms with Crippen molar-refractivity contribution in [3.8, 4) is 5.75 Å². The van der Waals surface area contributed by atoms with Gasteiger partial charge in [-0.2, -0.15) is 0 Å². The summed E-state index contributed by atoms with van der Waals surface area (Å²) in [7, 11) is 1.30. The zero-order valence-corrected chi connectivity index (χ0v) is 9.01. The molecule has 0 atom stereocenters. The van der Waals surface area contributed by atoms with Gasteiger partial charge in [0.05, 0.1) is 7.11 Å². The van der Waals surface area contributed by atoms with Gasteiger partial charge in [-0.05, 0) is 12.1 Å². The van der Waals surface area contributed by atoms with Crippen molar-refractivity contribution in [2.45, 2.75) is 6.42 Å². The summed E-state index contributed by atoms with van der Waals surface area (Å²) in [4.78, 5) is 21.4. The van der Waals surface area contributed by atoms with Gasteiger partial charge in [0.2, 0.25) is 0 Å². The summed E-state index contributed by atoms with van der Waals surface area (Å²) in [6, 6.07) is 3.96. The van der Waals surface area contributed by atoms with Crippen LogP contribution in [0.4, 0.5) is 4.39 Å². The van der Waals surface area contributed by atoms with E-state index in [1.54, 1.807) is 0 Å². The number of ether oxygens (including phenoxy) is 1. The SMILES string of the molecule is COc1cccc(F)c1CC(C(=O)O)C(=O)O. The standard InChI is InChI=1S/C11H11FO5/c1-17-9-4-2-3-8(12)6(9)5-7(10(13)14)11(15)16/h2-4,7H,5H2,1H3,(H,13,14)(H,15,16). The van der Waals surface area contributed by atoms with Gasteiger partial charge in [-0.1, -0.05) is 6.07 Å². The lowest BCUT2D eigenvalue weighted by Gasteiger charge is -2.12. The van der Waals surface area contributed by atoms with Crippen molar-refractivity contribution in [2.75, 3.05) is 7.11 Å². The third kappa shape index (κ3) is 2.93. The molecule has 0 unspecified atom stereocenters. The van der Waals surface area contributed by atoms with E-state index < -0.39 is 30.1 Å². The molecule has 0 bridgehead atoms. The third-order valence-electron chi connectivity index (χ3n) is 2.30. The number of aliphatic carboxylic acids is 2. The number of carboxylic acid groups (broad SMARTS) is 2. The average molecular weight is 242 g/mol. The first kappa shape index (κ1) is 13.0. The van der Waals surface area contributed by atoms with E-state index >= 15 is 0 Å². The van der Waals surface area contributed by atoms with E-state index in [1.807, 2.05) is 0 Å². The molecule has 1 rings (SSSR count). The van der Waals surface area contributed by atoms with E-state index in [-0.39, 0.29) is 11.3 Å². The molecule has 0 aromatic heterocycles. The van der Waals surface area contributed by atoms with Crippen LogP contribution in [0.15, 0.2) is 18.2 Å². The zero-order chi connectivity index (χ0) is 13.0. The molecule has 0 aliphatic rings. The normalized spacial score (nSPS) is 10.3. The summed E-state index contributed by atoms with van der Waals surface area (Å²) in [6.07, 6.45) is -0.458. The highest BCUT2D eigenvalue weighted by Gasteiger charge is 2.28. The quantitative estimate of drug-likeness (QED) is 0.757. The van der Waals surface area contributed by atoms with E-state index in [0.29, 0.717) is 0 Å². The maximum atomic E-state index is 13.5. The molecular formula is C11H11FO5. The lowest BCUT2D eigenvalue weighted by atomic mass is 9.98. The van der Waals surface area contributed by atoms with E-state index in [4.69, 9.17) is 14.9 Å². The maximum absolute atomic E-state index is 13.5. The molecule has 17 heavy (non-hydrogen) atoms. The number of methoxy groups -OCH3 is 1. The molecule has 0 aliphatic carbocycles. The van der Waals surface area contributed by atoms with Crippen LogP contribution in [0.1, 0.15) is 5.56 Å². The first-order chi connectivity index (χ1) is 7.97. The van der Waals surface area contributed by atoms with E-state index in [2.05, 4.69) is 0 Å². The second-order valence-corrected chi connectivity index (χ2v) is 3.35. The third-order valence-corrected chi connectivity index (χ3v) is 2.30. The van der Waals surface area contributed by atoms with Crippen LogP contribution in [0, 0.1) is 11.7 Å².